The topological polar surface area (TPSA) is 329 Å². The van der Waals surface area contributed by atoms with Crippen molar-refractivity contribution in [2.24, 2.45) is 46.8 Å². The predicted molar refractivity (Wildman–Crippen MR) is 368 cm³/mol. The molecule has 3 saturated carbocycles. The molecule has 0 bridgehead atoms. The van der Waals surface area contributed by atoms with Gasteiger partial charge in [-0.3, -0.25) is 33.8 Å². The Morgan fingerprint density at radius 2 is 1.13 bits per heavy atom. The highest BCUT2D eigenvalue weighted by molar-refractivity contribution is 5.99. The summed E-state index contributed by atoms with van der Waals surface area (Å²) in [7, 11) is 7.03. The molecule has 3 aliphatic carbocycles. The van der Waals surface area contributed by atoms with Crippen LogP contribution in [0.5, 0.6) is 17.2 Å². The van der Waals surface area contributed by atoms with E-state index in [0.717, 1.165) is 120 Å². The Morgan fingerprint density at radius 1 is 0.596 bits per heavy atom. The summed E-state index contributed by atoms with van der Waals surface area (Å²) in [4.78, 5) is 86.9. The zero-order valence-electron chi connectivity index (χ0n) is 56.3. The zero-order chi connectivity index (χ0) is 69.5. The molecule has 4 aromatic heterocycles. The first-order valence-corrected chi connectivity index (χ1v) is 33.8. The van der Waals surface area contributed by atoms with Gasteiger partial charge >= 0.3 is 0 Å². The third-order valence-corrected chi connectivity index (χ3v) is 18.3. The number of hydrogen-bond acceptors (Lipinski definition) is 20. The second kappa shape index (κ2) is 33.5. The molecule has 6 fully saturated rings. The van der Waals surface area contributed by atoms with Crippen LogP contribution in [0.4, 0.5) is 21.7 Å². The maximum Gasteiger partial charge on any atom is 0.291 e. The maximum atomic E-state index is 14.9. The summed E-state index contributed by atoms with van der Waals surface area (Å²) < 4.78 is 49.1. The molecular formula is C73H88FN13O12. The van der Waals surface area contributed by atoms with Crippen LogP contribution in [0.15, 0.2) is 127 Å². The van der Waals surface area contributed by atoms with Crippen molar-refractivity contribution in [1.29, 1.82) is 0 Å². The van der Waals surface area contributed by atoms with Crippen LogP contribution in [0.3, 0.4) is 0 Å². The smallest absolute Gasteiger partial charge is 0.291 e. The fourth-order valence-corrected chi connectivity index (χ4v) is 12.2. The van der Waals surface area contributed by atoms with Gasteiger partial charge in [-0.05, 0) is 147 Å². The number of nitrogens with two attached hydrogens (primary N) is 3. The molecule has 6 aliphatic rings. The van der Waals surface area contributed by atoms with Crippen LogP contribution in [-0.4, -0.2) is 163 Å². The lowest BCUT2D eigenvalue weighted by molar-refractivity contribution is -0.170. The van der Waals surface area contributed by atoms with Gasteiger partial charge in [0.25, 0.3) is 5.91 Å². The lowest BCUT2D eigenvalue weighted by atomic mass is 10.0. The number of carbonyl (C=O) groups is 5. The van der Waals surface area contributed by atoms with Gasteiger partial charge in [0.2, 0.25) is 29.4 Å². The van der Waals surface area contributed by atoms with E-state index in [1.807, 2.05) is 86.9 Å². The van der Waals surface area contributed by atoms with Gasteiger partial charge in [0, 0.05) is 130 Å². The Balaban J connectivity index is 0.000000150. The molecule has 3 aliphatic heterocycles. The second-order valence-corrected chi connectivity index (χ2v) is 25.9. The fraction of sp³-hybridized carbons (Fsp3) is 0.438. The van der Waals surface area contributed by atoms with Gasteiger partial charge in [-0.15, -0.1) is 0 Å². The Hall–Kier alpha value is -9.28. The van der Waals surface area contributed by atoms with E-state index in [4.69, 9.17) is 50.1 Å². The first kappa shape index (κ1) is 71.0. The number of nitrogens with zero attached hydrogens (tertiary/aromatic N) is 7. The molecule has 524 valence electrons. The third-order valence-electron chi connectivity index (χ3n) is 18.3. The number of amides is 5. The van der Waals surface area contributed by atoms with Crippen molar-refractivity contribution < 1.29 is 61.3 Å². The number of aromatic nitrogens is 4. The van der Waals surface area contributed by atoms with Crippen LogP contribution in [0, 0.1) is 29.6 Å². The second-order valence-electron chi connectivity index (χ2n) is 25.9. The number of rotatable bonds is 23. The molecule has 13 rings (SSSR count). The molecule has 6 atom stereocenters. The zero-order valence-corrected chi connectivity index (χ0v) is 56.3. The molecule has 5 amide bonds. The minimum Gasteiger partial charge on any atom is -0.490 e. The van der Waals surface area contributed by atoms with E-state index < -0.39 is 18.2 Å². The Kier molecular flexibility index (Phi) is 24.0. The number of likely N-dealkylation sites (tertiary alicyclic amines) is 1. The number of benzene rings is 3. The quantitative estimate of drug-likeness (QED) is 0.0327. The lowest BCUT2D eigenvalue weighted by Gasteiger charge is -2.34. The highest BCUT2D eigenvalue weighted by Gasteiger charge is 2.49. The number of alkyl halides is 1. The average molecular weight is 1360 g/mol. The van der Waals surface area contributed by atoms with Crippen LogP contribution in [0.2, 0.25) is 0 Å². The standard InChI is InChI=1S/C25H26FN5O4.C24H30N4O5.C24H32N4O3/c26-19-13-31(25(33)23-12-28-14-34-23)8-6-22(19)35-21-4-3-16(9-17(21)11-27)20-10-18(5-7-29-20)30-24(32)15-1-2-15;1-28(31-2)24(30)20-13-19(20)23(29)27-22-12-16(5-8-26-22)15-3-4-21(17(11-15)14-25)33-18-6-9-32-10-7-18;1-28(2)15-19-12-21(19)24(29)27-23-13-17(5-8-26-23)16-3-4-22(18(11-16)14-25)31-20-6-9-30-10-7-20/h3-5,7,9-10,12,14-15,19,22H,1-2,6,8,11,13,27H2,(H,29,30,32);3-5,8,11-12,18-20H,6-7,9-10,13-14,25H2,1-2H3,(H,26,27,29);3-5,8,11,13,19-21H,6-7,9-10,12,14-15,25H2,1-2H3,(H,26,27,29)/t19-,22+;19?,20-;19-,21+/m110/s1. The first-order valence-electron chi connectivity index (χ1n) is 33.8. The molecule has 1 unspecified atom stereocenters. The predicted octanol–water partition coefficient (Wildman–Crippen LogP) is 8.44. The van der Waals surface area contributed by atoms with Crippen LogP contribution in [-0.2, 0) is 53.1 Å². The minimum atomic E-state index is -1.37. The van der Waals surface area contributed by atoms with E-state index in [1.165, 1.54) is 31.6 Å². The average Bonchev–Trinajstić information content (AvgIpc) is 1.72. The minimum absolute atomic E-state index is 0.0305. The van der Waals surface area contributed by atoms with Gasteiger partial charge in [-0.1, -0.05) is 12.1 Å². The summed E-state index contributed by atoms with van der Waals surface area (Å²) in [5.41, 5.74) is 26.6. The lowest BCUT2D eigenvalue weighted by Crippen LogP contribution is -2.49. The van der Waals surface area contributed by atoms with Crippen molar-refractivity contribution in [3.8, 4) is 50.8 Å². The number of hydrogen-bond donors (Lipinski definition) is 6. The van der Waals surface area contributed by atoms with Crippen molar-refractivity contribution in [2.45, 2.75) is 102 Å². The largest absolute Gasteiger partial charge is 0.490 e. The van der Waals surface area contributed by atoms with Crippen molar-refractivity contribution in [1.82, 2.24) is 34.8 Å². The fourth-order valence-electron chi connectivity index (χ4n) is 12.2. The van der Waals surface area contributed by atoms with Gasteiger partial charge in [-0.2, -0.15) is 0 Å². The molecule has 25 nitrogen and oxygen atoms in total. The molecule has 0 spiro atoms. The molecular weight excluding hydrogens is 1270 g/mol. The molecule has 0 radical (unpaired) electrons. The monoisotopic (exact) mass is 1360 g/mol. The Bertz CT molecular complexity index is 3920. The van der Waals surface area contributed by atoms with Crippen LogP contribution < -0.4 is 47.4 Å². The molecule has 26 heteroatoms. The normalized spacial score (nSPS) is 20.4. The van der Waals surface area contributed by atoms with E-state index in [2.05, 4.69) is 46.9 Å². The highest BCUT2D eigenvalue weighted by atomic mass is 19.1. The van der Waals surface area contributed by atoms with Crippen molar-refractivity contribution in [3.63, 3.8) is 0 Å². The molecule has 7 heterocycles. The number of carbonyl (C=O) groups excluding carboxylic acids is 5. The highest BCUT2D eigenvalue weighted by Crippen LogP contribution is 2.42. The number of piperidine rings is 1. The third kappa shape index (κ3) is 19.1. The first-order chi connectivity index (χ1) is 48.0. The summed E-state index contributed by atoms with van der Waals surface area (Å²) in [6, 6.07) is 28.6. The Morgan fingerprint density at radius 3 is 1.66 bits per heavy atom. The number of oxazole rings is 1. The molecule has 99 heavy (non-hydrogen) atoms. The van der Waals surface area contributed by atoms with Crippen molar-refractivity contribution in [2.75, 3.05) is 90.3 Å². The number of anilines is 3. The van der Waals surface area contributed by atoms with Gasteiger partial charge in [0.05, 0.1) is 63.8 Å². The summed E-state index contributed by atoms with van der Waals surface area (Å²) >= 11 is 0. The number of hydroxylamine groups is 2. The SMILES string of the molecule is CN(C)C[C@@H]1C[C@H]1C(=O)Nc1cc(-c2ccc(OC3CCOCC3)c(CN)c2)ccn1.CON(C)C(=O)[C@@H]1CC1C(=O)Nc1cc(-c2ccc(OC3CCOCC3)c(CN)c2)ccn1.NCc1cc(-c2cc(NC(=O)C3CC3)ccn2)ccc1O[C@H]1CCN(C(=O)c2cnco2)C[C@H]1F. The van der Waals surface area contributed by atoms with Crippen LogP contribution in [0.1, 0.15) is 85.0 Å². The number of nitrogens with one attached hydrogen (secondary N) is 3. The van der Waals surface area contributed by atoms with Crippen LogP contribution in [0.25, 0.3) is 33.5 Å². The van der Waals surface area contributed by atoms with Crippen molar-refractivity contribution in [3.05, 3.63) is 145 Å². The van der Waals surface area contributed by atoms with E-state index >= 15 is 0 Å². The maximum absolute atomic E-state index is 14.9. The summed E-state index contributed by atoms with van der Waals surface area (Å²) in [5, 5.41) is 9.89. The molecule has 7 aromatic rings. The van der Waals surface area contributed by atoms with E-state index in [0.29, 0.717) is 85.9 Å². The van der Waals surface area contributed by atoms with Gasteiger partial charge in [0.15, 0.2) is 12.6 Å². The molecule has 3 aromatic carbocycles. The van der Waals surface area contributed by atoms with Crippen molar-refractivity contribution >= 4 is 46.9 Å². The summed E-state index contributed by atoms with van der Waals surface area (Å²) in [6.07, 6.45) is 12.9. The summed E-state index contributed by atoms with van der Waals surface area (Å²) in [6.45, 7) is 5.04. The van der Waals surface area contributed by atoms with E-state index in [1.54, 1.807) is 30.7 Å². The van der Waals surface area contributed by atoms with E-state index in [-0.39, 0.29) is 78.4 Å². The van der Waals surface area contributed by atoms with E-state index in [9.17, 15) is 28.4 Å². The van der Waals surface area contributed by atoms with Crippen LogP contribution >= 0.6 is 0 Å². The van der Waals surface area contributed by atoms with Gasteiger partial charge < -0.3 is 71.1 Å². The summed E-state index contributed by atoms with van der Waals surface area (Å²) in [5.74, 6) is 2.41. The molecule has 3 saturated heterocycles. The molecule has 9 N–H and O–H groups in total. The van der Waals surface area contributed by atoms with Gasteiger partial charge in [0.1, 0.15) is 47.2 Å². The number of pyridine rings is 3. The Labute approximate surface area is 574 Å². The van der Waals surface area contributed by atoms with Gasteiger partial charge in [-0.25, -0.2) is 24.4 Å². The number of ether oxygens (including phenoxy) is 5. The number of halogens is 1.